The third-order valence-electron chi connectivity index (χ3n) is 3.02. The predicted molar refractivity (Wildman–Crippen MR) is 74.2 cm³/mol. The van der Waals surface area contributed by atoms with Crippen molar-refractivity contribution < 1.29 is 0 Å². The summed E-state index contributed by atoms with van der Waals surface area (Å²) in [6.07, 6.45) is 7.98. The monoisotopic (exact) mass is 267 g/mol. The molecule has 6 nitrogen and oxygen atoms in total. The molecule has 3 aromatic rings. The molecule has 20 heavy (non-hydrogen) atoms. The predicted octanol–water partition coefficient (Wildman–Crippen LogP) is 1.21. The van der Waals surface area contributed by atoms with Crippen LogP contribution in [0.5, 0.6) is 0 Å². The molecule has 0 aliphatic carbocycles. The zero-order chi connectivity index (χ0) is 13.8. The van der Waals surface area contributed by atoms with Crippen LogP contribution in [0.2, 0.25) is 0 Å². The molecule has 100 valence electrons. The molecule has 0 aliphatic heterocycles. The minimum absolute atomic E-state index is 0.149. The van der Waals surface area contributed by atoms with Crippen molar-refractivity contribution in [3.05, 3.63) is 59.2 Å². The molecule has 0 radical (unpaired) electrons. The Balaban J connectivity index is 1.75. The standard InChI is InChI=1S/C14H13N5O/c20-14-12-13(17-8-7-16-12)18-10-19(14)9-3-5-11-4-1-2-6-15-11/h1-2,4,6-8,10H,3,5,9H2. The zero-order valence-corrected chi connectivity index (χ0v) is 10.8. The molecule has 0 aliphatic rings. The lowest BCUT2D eigenvalue weighted by atomic mass is 10.2. The zero-order valence-electron chi connectivity index (χ0n) is 10.8. The van der Waals surface area contributed by atoms with Crippen LogP contribution in [-0.4, -0.2) is 24.5 Å². The topological polar surface area (TPSA) is 73.6 Å². The summed E-state index contributed by atoms with van der Waals surface area (Å²) in [6, 6.07) is 5.83. The van der Waals surface area contributed by atoms with Crippen molar-refractivity contribution in [2.24, 2.45) is 0 Å². The van der Waals surface area contributed by atoms with Crippen LogP contribution in [0, 0.1) is 0 Å². The minimum Gasteiger partial charge on any atom is -0.297 e. The van der Waals surface area contributed by atoms with Crippen molar-refractivity contribution in [2.75, 3.05) is 0 Å². The summed E-state index contributed by atoms with van der Waals surface area (Å²) in [5.74, 6) is 0. The van der Waals surface area contributed by atoms with Crippen LogP contribution >= 0.6 is 0 Å². The van der Waals surface area contributed by atoms with Gasteiger partial charge in [0, 0.05) is 30.8 Å². The van der Waals surface area contributed by atoms with Gasteiger partial charge in [-0.1, -0.05) is 6.07 Å². The number of aryl methyl sites for hydroxylation is 2. The average molecular weight is 267 g/mol. The largest absolute Gasteiger partial charge is 0.297 e. The van der Waals surface area contributed by atoms with E-state index in [0.717, 1.165) is 18.5 Å². The Morgan fingerprint density at radius 3 is 2.75 bits per heavy atom. The van der Waals surface area contributed by atoms with Crippen LogP contribution < -0.4 is 5.56 Å². The van der Waals surface area contributed by atoms with Crippen LogP contribution in [0.4, 0.5) is 0 Å². The molecule has 0 N–H and O–H groups in total. The molecular formula is C14H13N5O. The van der Waals surface area contributed by atoms with Gasteiger partial charge in [-0.2, -0.15) is 0 Å². The van der Waals surface area contributed by atoms with E-state index in [2.05, 4.69) is 19.9 Å². The van der Waals surface area contributed by atoms with E-state index in [0.29, 0.717) is 17.7 Å². The highest BCUT2D eigenvalue weighted by molar-refractivity contribution is 5.66. The lowest BCUT2D eigenvalue weighted by molar-refractivity contribution is 0.611. The van der Waals surface area contributed by atoms with Gasteiger partial charge in [0.2, 0.25) is 0 Å². The summed E-state index contributed by atoms with van der Waals surface area (Å²) in [7, 11) is 0. The highest BCUT2D eigenvalue weighted by atomic mass is 16.1. The normalized spacial score (nSPS) is 10.8. The summed E-state index contributed by atoms with van der Waals surface area (Å²) in [6.45, 7) is 0.592. The molecule has 0 fully saturated rings. The first-order valence-electron chi connectivity index (χ1n) is 6.40. The molecular weight excluding hydrogens is 254 g/mol. The van der Waals surface area contributed by atoms with E-state index in [9.17, 15) is 4.79 Å². The molecule has 0 aromatic carbocycles. The second-order valence-corrected chi connectivity index (χ2v) is 4.40. The van der Waals surface area contributed by atoms with Crippen molar-refractivity contribution in [3.8, 4) is 0 Å². The molecule has 0 bridgehead atoms. The first-order chi connectivity index (χ1) is 9.84. The first kappa shape index (κ1) is 12.4. The van der Waals surface area contributed by atoms with Gasteiger partial charge < -0.3 is 0 Å². The number of nitrogens with zero attached hydrogens (tertiary/aromatic N) is 5. The summed E-state index contributed by atoms with van der Waals surface area (Å²) >= 11 is 0. The fourth-order valence-corrected chi connectivity index (χ4v) is 2.02. The minimum atomic E-state index is -0.149. The van der Waals surface area contributed by atoms with Gasteiger partial charge in [-0.3, -0.25) is 14.3 Å². The van der Waals surface area contributed by atoms with Crippen molar-refractivity contribution >= 4 is 11.2 Å². The molecule has 0 unspecified atom stereocenters. The molecule has 6 heteroatoms. The van der Waals surface area contributed by atoms with Crippen LogP contribution in [-0.2, 0) is 13.0 Å². The Labute approximate surface area is 115 Å². The maximum Gasteiger partial charge on any atom is 0.281 e. The van der Waals surface area contributed by atoms with Gasteiger partial charge in [-0.25, -0.2) is 15.0 Å². The summed E-state index contributed by atoms with van der Waals surface area (Å²) in [4.78, 5) is 28.6. The van der Waals surface area contributed by atoms with Crippen LogP contribution in [0.3, 0.4) is 0 Å². The van der Waals surface area contributed by atoms with E-state index < -0.39 is 0 Å². The van der Waals surface area contributed by atoms with Gasteiger partial charge in [-0.05, 0) is 25.0 Å². The average Bonchev–Trinajstić information content (AvgIpc) is 2.51. The number of pyridine rings is 1. The Morgan fingerprint density at radius 2 is 1.90 bits per heavy atom. The molecule has 3 rings (SSSR count). The number of fused-ring (bicyclic) bond motifs is 1. The highest BCUT2D eigenvalue weighted by Crippen LogP contribution is 2.01. The van der Waals surface area contributed by atoms with Gasteiger partial charge in [0.05, 0.1) is 0 Å². The van der Waals surface area contributed by atoms with E-state index in [4.69, 9.17) is 0 Å². The highest BCUT2D eigenvalue weighted by Gasteiger charge is 2.05. The van der Waals surface area contributed by atoms with Gasteiger partial charge in [0.1, 0.15) is 6.33 Å². The van der Waals surface area contributed by atoms with Gasteiger partial charge in [0.15, 0.2) is 11.2 Å². The van der Waals surface area contributed by atoms with Crippen molar-refractivity contribution in [1.29, 1.82) is 0 Å². The van der Waals surface area contributed by atoms with Gasteiger partial charge >= 0.3 is 0 Å². The lowest BCUT2D eigenvalue weighted by Gasteiger charge is -2.05. The van der Waals surface area contributed by atoms with Gasteiger partial charge in [-0.15, -0.1) is 0 Å². The van der Waals surface area contributed by atoms with Crippen molar-refractivity contribution in [2.45, 2.75) is 19.4 Å². The van der Waals surface area contributed by atoms with Crippen molar-refractivity contribution in [1.82, 2.24) is 24.5 Å². The summed E-state index contributed by atoms with van der Waals surface area (Å²) < 4.78 is 1.57. The Bertz CT molecular complexity index is 769. The number of rotatable bonds is 4. The third kappa shape index (κ3) is 2.54. The molecule has 3 heterocycles. The number of aromatic nitrogens is 5. The van der Waals surface area contributed by atoms with E-state index in [1.807, 2.05) is 18.2 Å². The smallest absolute Gasteiger partial charge is 0.281 e. The maximum absolute atomic E-state index is 12.2. The quantitative estimate of drug-likeness (QED) is 0.710. The summed E-state index contributed by atoms with van der Waals surface area (Å²) in [5.41, 5.74) is 1.57. The fourth-order valence-electron chi connectivity index (χ4n) is 2.02. The SMILES string of the molecule is O=c1c2nccnc2ncn1CCCc1ccccn1. The lowest BCUT2D eigenvalue weighted by Crippen LogP contribution is -2.22. The summed E-state index contributed by atoms with van der Waals surface area (Å²) in [5, 5.41) is 0. The molecule has 0 amide bonds. The van der Waals surface area contributed by atoms with E-state index in [-0.39, 0.29) is 5.56 Å². The molecule has 0 saturated carbocycles. The maximum atomic E-state index is 12.2. The molecule has 0 saturated heterocycles. The van der Waals surface area contributed by atoms with E-state index in [1.54, 1.807) is 10.8 Å². The molecule has 0 atom stereocenters. The van der Waals surface area contributed by atoms with Gasteiger partial charge in [0.25, 0.3) is 5.56 Å². The third-order valence-corrected chi connectivity index (χ3v) is 3.02. The second-order valence-electron chi connectivity index (χ2n) is 4.40. The Hall–Kier alpha value is -2.63. The van der Waals surface area contributed by atoms with Crippen molar-refractivity contribution in [3.63, 3.8) is 0 Å². The molecule has 3 aromatic heterocycles. The Kier molecular flexibility index (Phi) is 3.45. The number of hydrogen-bond acceptors (Lipinski definition) is 5. The fraction of sp³-hybridized carbons (Fsp3) is 0.214. The van der Waals surface area contributed by atoms with E-state index >= 15 is 0 Å². The second kappa shape index (κ2) is 5.56. The van der Waals surface area contributed by atoms with E-state index in [1.165, 1.54) is 18.7 Å². The van der Waals surface area contributed by atoms with Crippen LogP contribution in [0.1, 0.15) is 12.1 Å². The van der Waals surface area contributed by atoms with Crippen LogP contribution in [0.15, 0.2) is 47.9 Å². The van der Waals surface area contributed by atoms with Crippen LogP contribution in [0.25, 0.3) is 11.2 Å². The number of hydrogen-bond donors (Lipinski definition) is 0. The first-order valence-corrected chi connectivity index (χ1v) is 6.40. The Morgan fingerprint density at radius 1 is 1.00 bits per heavy atom. The molecule has 0 spiro atoms.